The second-order valence-corrected chi connectivity index (χ2v) is 5.03. The molecule has 0 aliphatic carbocycles. The molecule has 1 aromatic rings. The Bertz CT molecular complexity index is 398. The Labute approximate surface area is 112 Å². The quantitative estimate of drug-likeness (QED) is 0.760. The van der Waals surface area contributed by atoms with Crippen LogP contribution in [0.3, 0.4) is 0 Å². The van der Waals surface area contributed by atoms with E-state index in [2.05, 4.69) is 0 Å². The average molecular weight is 302 g/mol. The van der Waals surface area contributed by atoms with E-state index >= 15 is 0 Å². The fraction of sp³-hybridized carbons (Fsp3) is 0.500. The molecule has 0 saturated carbocycles. The monoisotopic (exact) mass is 301 g/mol. The topological polar surface area (TPSA) is 20.3 Å². The number of hydrogen-bond acceptors (Lipinski definition) is 2. The summed E-state index contributed by atoms with van der Waals surface area (Å²) in [5, 5.41) is 2.05. The molecule has 0 aliphatic heterocycles. The van der Waals surface area contributed by atoms with Crippen LogP contribution < -0.4 is 0 Å². The van der Waals surface area contributed by atoms with Crippen LogP contribution in [-0.2, 0) is 0 Å². The summed E-state index contributed by atoms with van der Waals surface area (Å²) in [6.07, 6.45) is -2.58. The Kier molecular flexibility index (Phi) is 5.62. The highest BCUT2D eigenvalue weighted by Gasteiger charge is 2.23. The lowest BCUT2D eigenvalue weighted by atomic mass is 10.3. The molecule has 1 heterocycles. The first kappa shape index (κ1) is 14.7. The second-order valence-electron chi connectivity index (χ2n) is 3.39. The highest BCUT2D eigenvalue weighted by molar-refractivity contribution is 7.13. The van der Waals surface area contributed by atoms with Crippen LogP contribution in [0.2, 0.25) is 5.02 Å². The van der Waals surface area contributed by atoms with Gasteiger partial charge in [0.25, 0.3) is 12.3 Å². The molecule has 0 spiro atoms. The summed E-state index contributed by atoms with van der Waals surface area (Å²) in [6, 6.07) is 0. The summed E-state index contributed by atoms with van der Waals surface area (Å²) < 4.78 is 24.6. The molecule has 17 heavy (non-hydrogen) atoms. The molecule has 0 N–H and O–H groups in total. The number of thiophene rings is 1. The number of halogens is 4. The van der Waals surface area contributed by atoms with Gasteiger partial charge in [0.2, 0.25) is 0 Å². The van der Waals surface area contributed by atoms with Gasteiger partial charge in [-0.15, -0.1) is 22.9 Å². The van der Waals surface area contributed by atoms with Gasteiger partial charge in [0.15, 0.2) is 0 Å². The molecule has 1 rings (SSSR count). The number of nitrogens with zero attached hydrogens (tertiary/aromatic N) is 1. The van der Waals surface area contributed by atoms with Crippen LogP contribution in [0, 0.1) is 6.92 Å². The molecule has 0 atom stereocenters. The largest absolute Gasteiger partial charge is 0.331 e. The third-order valence-corrected chi connectivity index (χ3v) is 3.95. The van der Waals surface area contributed by atoms with Gasteiger partial charge in [-0.3, -0.25) is 4.79 Å². The minimum atomic E-state index is -2.58. The summed E-state index contributed by atoms with van der Waals surface area (Å²) >= 11 is 12.6. The maximum absolute atomic E-state index is 12.3. The van der Waals surface area contributed by atoms with Crippen LogP contribution in [0.5, 0.6) is 0 Å². The van der Waals surface area contributed by atoms with Gasteiger partial charge < -0.3 is 4.90 Å². The Morgan fingerprint density at radius 3 is 2.65 bits per heavy atom. The van der Waals surface area contributed by atoms with Gasteiger partial charge in [0, 0.05) is 12.4 Å². The molecule has 1 amide bonds. The molecule has 0 unspecified atom stereocenters. The molecule has 0 saturated heterocycles. The van der Waals surface area contributed by atoms with Crippen molar-refractivity contribution in [2.45, 2.75) is 13.3 Å². The molecule has 0 aromatic carbocycles. The normalized spacial score (nSPS) is 10.9. The molecule has 2 nitrogen and oxygen atoms in total. The van der Waals surface area contributed by atoms with Crippen LogP contribution in [0.1, 0.15) is 15.2 Å². The predicted octanol–water partition coefficient (Wildman–Crippen LogP) is 3.66. The molecular formula is C10H11Cl2F2NOS. The third kappa shape index (κ3) is 3.79. The first-order valence-corrected chi connectivity index (χ1v) is 6.63. The maximum Gasteiger partial charge on any atom is 0.265 e. The fourth-order valence-corrected chi connectivity index (χ4v) is 2.71. The van der Waals surface area contributed by atoms with Crippen molar-refractivity contribution in [3.63, 3.8) is 0 Å². The summed E-state index contributed by atoms with van der Waals surface area (Å²) in [4.78, 5) is 13.3. The molecule has 0 aliphatic rings. The van der Waals surface area contributed by atoms with Gasteiger partial charge in [-0.1, -0.05) is 11.6 Å². The lowest BCUT2D eigenvalue weighted by Crippen LogP contribution is -2.36. The van der Waals surface area contributed by atoms with Crippen molar-refractivity contribution in [3.05, 3.63) is 20.8 Å². The Balaban J connectivity index is 2.87. The number of aryl methyl sites for hydroxylation is 1. The molecule has 0 fully saturated rings. The number of rotatable bonds is 5. The third-order valence-electron chi connectivity index (χ3n) is 2.09. The lowest BCUT2D eigenvalue weighted by molar-refractivity contribution is 0.0575. The second kappa shape index (κ2) is 6.52. The number of hydrogen-bond donors (Lipinski definition) is 0. The van der Waals surface area contributed by atoms with Gasteiger partial charge in [-0.05, 0) is 17.9 Å². The number of carbonyl (C=O) groups is 1. The molecular weight excluding hydrogens is 291 g/mol. The minimum absolute atomic E-state index is 0.0814. The van der Waals surface area contributed by atoms with Crippen molar-refractivity contribution in [2.24, 2.45) is 0 Å². The van der Waals surface area contributed by atoms with Gasteiger partial charge in [0.1, 0.15) is 4.88 Å². The smallest absolute Gasteiger partial charge is 0.265 e. The van der Waals surface area contributed by atoms with E-state index in [1.165, 1.54) is 0 Å². The predicted molar refractivity (Wildman–Crippen MR) is 66.7 cm³/mol. The van der Waals surface area contributed by atoms with E-state index in [0.717, 1.165) is 21.8 Å². The standard InChI is InChI=1S/C10H11Cl2F2NOS/c1-6-5-17-9(8(6)12)10(16)15(3-2-11)4-7(13)14/h5,7H,2-4H2,1H3. The minimum Gasteiger partial charge on any atom is -0.331 e. The van der Waals surface area contributed by atoms with E-state index in [-0.39, 0.29) is 17.3 Å². The zero-order chi connectivity index (χ0) is 13.0. The average Bonchev–Trinajstić information content (AvgIpc) is 2.58. The van der Waals surface area contributed by atoms with E-state index in [4.69, 9.17) is 23.2 Å². The van der Waals surface area contributed by atoms with Crippen molar-refractivity contribution in [3.8, 4) is 0 Å². The Morgan fingerprint density at radius 1 is 1.59 bits per heavy atom. The number of alkyl halides is 3. The van der Waals surface area contributed by atoms with E-state index in [0.29, 0.717) is 5.02 Å². The lowest BCUT2D eigenvalue weighted by Gasteiger charge is -2.20. The molecule has 7 heteroatoms. The van der Waals surface area contributed by atoms with Crippen LogP contribution in [0.15, 0.2) is 5.38 Å². The van der Waals surface area contributed by atoms with Gasteiger partial charge in [-0.25, -0.2) is 8.78 Å². The number of amides is 1. The van der Waals surface area contributed by atoms with E-state index in [9.17, 15) is 13.6 Å². The molecule has 96 valence electrons. The summed E-state index contributed by atoms with van der Waals surface area (Å²) in [5.74, 6) is -0.380. The summed E-state index contributed by atoms with van der Waals surface area (Å²) in [5.41, 5.74) is 0.767. The van der Waals surface area contributed by atoms with Crippen molar-refractivity contribution in [2.75, 3.05) is 19.0 Å². The molecule has 0 bridgehead atoms. The highest BCUT2D eigenvalue weighted by atomic mass is 35.5. The van der Waals surface area contributed by atoms with Gasteiger partial charge in [0.05, 0.1) is 11.6 Å². The zero-order valence-corrected chi connectivity index (χ0v) is 11.4. The van der Waals surface area contributed by atoms with Crippen LogP contribution >= 0.6 is 34.5 Å². The number of carbonyl (C=O) groups excluding carboxylic acids is 1. The Morgan fingerprint density at radius 2 is 2.24 bits per heavy atom. The van der Waals surface area contributed by atoms with Crippen LogP contribution in [0.25, 0.3) is 0 Å². The van der Waals surface area contributed by atoms with Crippen molar-refractivity contribution < 1.29 is 13.6 Å². The molecule has 0 radical (unpaired) electrons. The fourth-order valence-electron chi connectivity index (χ4n) is 1.26. The van der Waals surface area contributed by atoms with Crippen LogP contribution in [0.4, 0.5) is 8.78 Å². The maximum atomic E-state index is 12.3. The summed E-state index contributed by atoms with van der Waals surface area (Å²) in [7, 11) is 0. The first-order chi connectivity index (χ1) is 7.97. The van der Waals surface area contributed by atoms with Crippen molar-refractivity contribution in [1.82, 2.24) is 4.90 Å². The SMILES string of the molecule is Cc1csc(C(=O)N(CCCl)CC(F)F)c1Cl. The van der Waals surface area contributed by atoms with E-state index in [1.54, 1.807) is 12.3 Å². The zero-order valence-electron chi connectivity index (χ0n) is 9.05. The van der Waals surface area contributed by atoms with Crippen molar-refractivity contribution in [1.29, 1.82) is 0 Å². The van der Waals surface area contributed by atoms with E-state index < -0.39 is 18.9 Å². The summed E-state index contributed by atoms with van der Waals surface area (Å²) in [6.45, 7) is 1.21. The van der Waals surface area contributed by atoms with Gasteiger partial charge in [-0.2, -0.15) is 0 Å². The Hall–Kier alpha value is -0.390. The van der Waals surface area contributed by atoms with E-state index in [1.807, 2.05) is 0 Å². The highest BCUT2D eigenvalue weighted by Crippen LogP contribution is 2.28. The van der Waals surface area contributed by atoms with Crippen LogP contribution in [-0.4, -0.2) is 36.2 Å². The first-order valence-electron chi connectivity index (χ1n) is 4.84. The van der Waals surface area contributed by atoms with Crippen molar-refractivity contribution >= 4 is 40.4 Å². The molecule has 1 aromatic heterocycles. The van der Waals surface area contributed by atoms with Gasteiger partial charge >= 0.3 is 0 Å².